The van der Waals surface area contributed by atoms with Crippen molar-refractivity contribution in [2.24, 2.45) is 0 Å². The number of nitrogens with zero attached hydrogens (tertiary/aromatic N) is 1. The van der Waals surface area contributed by atoms with Gasteiger partial charge in [-0.25, -0.2) is 9.59 Å². The van der Waals surface area contributed by atoms with E-state index < -0.39 is 24.0 Å². The van der Waals surface area contributed by atoms with E-state index in [-0.39, 0.29) is 18.9 Å². The summed E-state index contributed by atoms with van der Waals surface area (Å²) in [5.74, 6) is -2.35. The van der Waals surface area contributed by atoms with E-state index in [1.54, 1.807) is 7.05 Å². The maximum atomic E-state index is 12.0. The van der Waals surface area contributed by atoms with E-state index in [0.29, 0.717) is 0 Å². The number of hydrogen-bond acceptors (Lipinski definition) is 4. The monoisotopic (exact) mass is 314 g/mol. The van der Waals surface area contributed by atoms with E-state index in [9.17, 15) is 14.4 Å². The molecular weight excluding hydrogens is 296 g/mol. The summed E-state index contributed by atoms with van der Waals surface area (Å²) in [4.78, 5) is 36.0. The van der Waals surface area contributed by atoms with Crippen LogP contribution in [0, 0.1) is 0 Å². The SMILES string of the molecule is CC(c1cccs1)N(C)C(=O)N[C@@H](CCC(=O)O)C(=O)O. The summed E-state index contributed by atoms with van der Waals surface area (Å²) < 4.78 is 0. The van der Waals surface area contributed by atoms with Gasteiger partial charge in [-0.15, -0.1) is 11.3 Å². The number of carbonyl (C=O) groups is 3. The molecule has 0 radical (unpaired) electrons. The van der Waals surface area contributed by atoms with Crippen LogP contribution in [-0.4, -0.2) is 46.2 Å². The lowest BCUT2D eigenvalue weighted by Gasteiger charge is -2.26. The Labute approximate surface area is 126 Å². The van der Waals surface area contributed by atoms with Crippen LogP contribution >= 0.6 is 11.3 Å². The lowest BCUT2D eigenvalue weighted by Crippen LogP contribution is -2.47. The highest BCUT2D eigenvalue weighted by molar-refractivity contribution is 7.10. The average Bonchev–Trinajstić information content (AvgIpc) is 2.94. The molecule has 116 valence electrons. The number of hydrogen-bond donors (Lipinski definition) is 3. The summed E-state index contributed by atoms with van der Waals surface area (Å²) in [5.41, 5.74) is 0. The molecule has 0 fully saturated rings. The van der Waals surface area contributed by atoms with Crippen molar-refractivity contribution in [1.29, 1.82) is 0 Å². The van der Waals surface area contributed by atoms with Gasteiger partial charge in [0.15, 0.2) is 0 Å². The van der Waals surface area contributed by atoms with Crippen LogP contribution in [-0.2, 0) is 9.59 Å². The van der Waals surface area contributed by atoms with Crippen LogP contribution in [0.4, 0.5) is 4.79 Å². The predicted molar refractivity (Wildman–Crippen MR) is 77.3 cm³/mol. The molecule has 0 spiro atoms. The van der Waals surface area contributed by atoms with Crippen LogP contribution in [0.1, 0.15) is 30.7 Å². The third kappa shape index (κ3) is 5.07. The Balaban J connectivity index is 2.63. The molecular formula is C13H18N2O5S. The van der Waals surface area contributed by atoms with Crippen LogP contribution in [0.25, 0.3) is 0 Å². The summed E-state index contributed by atoms with van der Waals surface area (Å²) in [6.07, 6.45) is -0.473. The molecule has 1 rings (SSSR count). The largest absolute Gasteiger partial charge is 0.481 e. The summed E-state index contributed by atoms with van der Waals surface area (Å²) in [7, 11) is 1.57. The van der Waals surface area contributed by atoms with Crippen LogP contribution in [0.5, 0.6) is 0 Å². The molecule has 1 aromatic heterocycles. The zero-order chi connectivity index (χ0) is 16.0. The van der Waals surface area contributed by atoms with Gasteiger partial charge in [-0.05, 0) is 24.8 Å². The molecule has 1 unspecified atom stereocenters. The zero-order valence-corrected chi connectivity index (χ0v) is 12.6. The molecule has 0 saturated carbocycles. The van der Waals surface area contributed by atoms with Crippen molar-refractivity contribution in [2.45, 2.75) is 31.8 Å². The smallest absolute Gasteiger partial charge is 0.326 e. The normalized spacial score (nSPS) is 13.2. The average molecular weight is 314 g/mol. The minimum absolute atomic E-state index is 0.155. The Morgan fingerprint density at radius 2 is 2.05 bits per heavy atom. The van der Waals surface area contributed by atoms with Gasteiger partial charge in [0.05, 0.1) is 6.04 Å². The lowest BCUT2D eigenvalue weighted by molar-refractivity contribution is -0.140. The van der Waals surface area contributed by atoms with Crippen molar-refractivity contribution in [2.75, 3.05) is 7.05 Å². The third-order valence-electron chi connectivity index (χ3n) is 3.10. The molecule has 0 saturated heterocycles. The molecule has 3 N–H and O–H groups in total. The van der Waals surface area contributed by atoms with Gasteiger partial charge in [0.1, 0.15) is 6.04 Å². The standard InChI is InChI=1S/C13H18N2O5S/c1-8(10-4-3-7-21-10)15(2)13(20)14-9(12(18)19)5-6-11(16)17/h3-4,7-9H,5-6H2,1-2H3,(H,14,20)(H,16,17)(H,18,19)/t8?,9-/m0/s1. The summed E-state index contributed by atoms with van der Waals surface area (Å²) in [6, 6.07) is 1.80. The van der Waals surface area contributed by atoms with E-state index >= 15 is 0 Å². The van der Waals surface area contributed by atoms with Crippen molar-refractivity contribution in [3.63, 3.8) is 0 Å². The van der Waals surface area contributed by atoms with E-state index in [2.05, 4.69) is 5.32 Å². The van der Waals surface area contributed by atoms with Crippen LogP contribution in [0.15, 0.2) is 17.5 Å². The third-order valence-corrected chi connectivity index (χ3v) is 4.14. The first-order chi connectivity index (χ1) is 9.82. The lowest BCUT2D eigenvalue weighted by atomic mass is 10.1. The molecule has 0 aliphatic heterocycles. The number of carboxylic acids is 2. The molecule has 0 aliphatic carbocycles. The number of urea groups is 1. The van der Waals surface area contributed by atoms with E-state index in [1.165, 1.54) is 16.2 Å². The van der Waals surface area contributed by atoms with E-state index in [4.69, 9.17) is 10.2 Å². The van der Waals surface area contributed by atoms with Crippen molar-refractivity contribution in [3.8, 4) is 0 Å². The number of carboxylic acid groups (broad SMARTS) is 2. The second kappa shape index (κ2) is 7.63. The minimum atomic E-state index is -1.25. The minimum Gasteiger partial charge on any atom is -0.481 e. The highest BCUT2D eigenvalue weighted by atomic mass is 32.1. The second-order valence-electron chi connectivity index (χ2n) is 4.58. The molecule has 21 heavy (non-hydrogen) atoms. The van der Waals surface area contributed by atoms with Crippen LogP contribution < -0.4 is 5.32 Å². The second-order valence-corrected chi connectivity index (χ2v) is 5.55. The first kappa shape index (κ1) is 17.0. The fourth-order valence-corrected chi connectivity index (χ4v) is 2.50. The maximum Gasteiger partial charge on any atom is 0.326 e. The van der Waals surface area contributed by atoms with Gasteiger partial charge in [0.25, 0.3) is 0 Å². The number of amides is 2. The number of aliphatic carboxylic acids is 2. The van der Waals surface area contributed by atoms with Gasteiger partial charge < -0.3 is 20.4 Å². The van der Waals surface area contributed by atoms with Gasteiger partial charge in [0, 0.05) is 18.3 Å². The zero-order valence-electron chi connectivity index (χ0n) is 11.8. The summed E-state index contributed by atoms with van der Waals surface area (Å²) >= 11 is 1.50. The molecule has 0 bridgehead atoms. The van der Waals surface area contributed by atoms with Gasteiger partial charge >= 0.3 is 18.0 Å². The fourth-order valence-electron chi connectivity index (χ4n) is 1.67. The summed E-state index contributed by atoms with van der Waals surface area (Å²) in [6.45, 7) is 1.83. The quantitative estimate of drug-likeness (QED) is 0.711. The van der Waals surface area contributed by atoms with Crippen molar-refractivity contribution in [1.82, 2.24) is 10.2 Å². The first-order valence-corrected chi connectivity index (χ1v) is 7.22. The van der Waals surface area contributed by atoms with Crippen LogP contribution in [0.3, 0.4) is 0 Å². The van der Waals surface area contributed by atoms with Gasteiger partial charge in [-0.3, -0.25) is 4.79 Å². The molecule has 2 atom stereocenters. The molecule has 0 aromatic carbocycles. The Morgan fingerprint density at radius 1 is 1.38 bits per heavy atom. The highest BCUT2D eigenvalue weighted by Crippen LogP contribution is 2.23. The number of nitrogens with one attached hydrogen (secondary N) is 1. The van der Waals surface area contributed by atoms with Crippen molar-refractivity contribution >= 4 is 29.3 Å². The summed E-state index contributed by atoms with van der Waals surface area (Å²) in [5, 5.41) is 21.8. The first-order valence-electron chi connectivity index (χ1n) is 6.34. The van der Waals surface area contributed by atoms with E-state index in [0.717, 1.165) is 4.88 Å². The number of carbonyl (C=O) groups excluding carboxylic acids is 1. The van der Waals surface area contributed by atoms with Crippen LogP contribution in [0.2, 0.25) is 0 Å². The molecule has 2 amide bonds. The van der Waals surface area contributed by atoms with E-state index in [1.807, 2.05) is 24.4 Å². The molecule has 1 heterocycles. The number of thiophene rings is 1. The molecule has 0 aliphatic rings. The number of rotatable bonds is 7. The molecule has 7 nitrogen and oxygen atoms in total. The Hall–Kier alpha value is -2.09. The van der Waals surface area contributed by atoms with Crippen molar-refractivity contribution in [3.05, 3.63) is 22.4 Å². The fraction of sp³-hybridized carbons (Fsp3) is 0.462. The van der Waals surface area contributed by atoms with Gasteiger partial charge in [-0.2, -0.15) is 0 Å². The maximum absolute atomic E-state index is 12.0. The van der Waals surface area contributed by atoms with Crippen molar-refractivity contribution < 1.29 is 24.6 Å². The Bertz CT molecular complexity index is 503. The Kier molecular flexibility index (Phi) is 6.16. The molecule has 8 heteroatoms. The predicted octanol–water partition coefficient (Wildman–Crippen LogP) is 1.77. The topological polar surface area (TPSA) is 107 Å². The highest BCUT2D eigenvalue weighted by Gasteiger charge is 2.25. The Morgan fingerprint density at radius 3 is 2.52 bits per heavy atom. The van der Waals surface area contributed by atoms with Gasteiger partial charge in [0.2, 0.25) is 0 Å². The van der Waals surface area contributed by atoms with Gasteiger partial charge in [-0.1, -0.05) is 6.07 Å². The molecule has 1 aromatic rings.